The maximum Gasteiger partial charge on any atom is 0.318 e. The molecule has 0 saturated carbocycles. The van der Waals surface area contributed by atoms with E-state index in [1.807, 2.05) is 30.0 Å². The van der Waals surface area contributed by atoms with E-state index < -0.39 is 17.8 Å². The summed E-state index contributed by atoms with van der Waals surface area (Å²) in [5, 5.41) is 10.0. The molecule has 0 N–H and O–H groups in total. The molecule has 0 spiro atoms. The lowest BCUT2D eigenvalue weighted by Crippen LogP contribution is -2.55. The zero-order chi connectivity index (χ0) is 32.1. The van der Waals surface area contributed by atoms with Gasteiger partial charge in [-0.25, -0.2) is 9.37 Å². The van der Waals surface area contributed by atoms with Gasteiger partial charge in [0.15, 0.2) is 5.83 Å². The van der Waals surface area contributed by atoms with Crippen LogP contribution in [-0.2, 0) is 17.6 Å². The van der Waals surface area contributed by atoms with E-state index >= 15 is 0 Å². The molecule has 3 aliphatic rings. The van der Waals surface area contributed by atoms with Crippen molar-refractivity contribution in [3.63, 3.8) is 0 Å². The number of nitrogens with zero attached hydrogens (tertiary/aromatic N) is 6. The first-order chi connectivity index (χ1) is 21.2. The summed E-state index contributed by atoms with van der Waals surface area (Å²) in [6, 6.07) is 11.0. The molecule has 3 unspecified atom stereocenters. The van der Waals surface area contributed by atoms with Crippen molar-refractivity contribution < 1.29 is 13.9 Å². The average Bonchev–Trinajstić information content (AvgIpc) is 3.34. The van der Waals surface area contributed by atoms with Gasteiger partial charge in [-0.1, -0.05) is 49.7 Å². The van der Waals surface area contributed by atoms with Crippen molar-refractivity contribution in [3.8, 4) is 12.1 Å². The minimum absolute atomic E-state index is 0.111. The maximum atomic E-state index is 13.3. The molecule has 1 aromatic carbocycles. The summed E-state index contributed by atoms with van der Waals surface area (Å²) in [6.07, 6.45) is 9.72. The lowest BCUT2D eigenvalue weighted by molar-refractivity contribution is -0.131. The predicted octanol–water partition coefficient (Wildman–Crippen LogP) is 6.16. The quantitative estimate of drug-likeness (QED) is 0.239. The number of fused-ring (bicyclic) bond motifs is 1. The van der Waals surface area contributed by atoms with Crippen LogP contribution >= 0.6 is 20.8 Å². The molecule has 240 valence electrons. The van der Waals surface area contributed by atoms with Crippen molar-refractivity contribution in [2.24, 2.45) is 0 Å². The Hall–Kier alpha value is -2.79. The number of aryl methyl sites for hydroxylation is 2. The van der Waals surface area contributed by atoms with Gasteiger partial charge in [0.05, 0.1) is 25.6 Å². The SMILES string of the molecule is C1CC2CCN2C1.C=C(F)C(=O)N1CCN(c2nc(OC)nc(C)c2CCC)CC1CC#N.PCCCc1ccccc1Cl. The van der Waals surface area contributed by atoms with Crippen LogP contribution < -0.4 is 9.64 Å². The molecule has 3 atom stereocenters. The van der Waals surface area contributed by atoms with Gasteiger partial charge in [-0.05, 0) is 76.3 Å². The lowest BCUT2D eigenvalue weighted by Gasteiger charge is -2.41. The number of methoxy groups -OCH3 is 1. The van der Waals surface area contributed by atoms with Gasteiger partial charge in [-0.15, -0.1) is 9.24 Å². The zero-order valence-electron chi connectivity index (χ0n) is 26.4. The fourth-order valence-corrected chi connectivity index (χ4v) is 6.28. The minimum Gasteiger partial charge on any atom is -0.467 e. The van der Waals surface area contributed by atoms with Crippen LogP contribution in [0.15, 0.2) is 36.7 Å². The first-order valence-corrected chi connectivity index (χ1v) is 16.8. The van der Waals surface area contributed by atoms with Crippen LogP contribution in [0.5, 0.6) is 6.01 Å². The summed E-state index contributed by atoms with van der Waals surface area (Å²) >= 11 is 5.95. The van der Waals surface area contributed by atoms with Crippen LogP contribution in [0.2, 0.25) is 5.02 Å². The number of amides is 1. The third-order valence-electron chi connectivity index (χ3n) is 8.31. The van der Waals surface area contributed by atoms with Gasteiger partial charge in [0.1, 0.15) is 5.82 Å². The monoisotopic (exact) mass is 644 g/mol. The molecule has 11 heteroatoms. The fourth-order valence-electron chi connectivity index (χ4n) is 5.84. The molecule has 0 aliphatic carbocycles. The minimum atomic E-state index is -1.01. The molecular weight excluding hydrogens is 598 g/mol. The van der Waals surface area contributed by atoms with Gasteiger partial charge in [0, 0.05) is 42.0 Å². The molecule has 5 rings (SSSR count). The second-order valence-electron chi connectivity index (χ2n) is 11.3. The Labute approximate surface area is 269 Å². The van der Waals surface area contributed by atoms with E-state index in [1.165, 1.54) is 56.3 Å². The molecule has 0 bridgehead atoms. The van der Waals surface area contributed by atoms with Crippen LogP contribution in [0, 0.1) is 18.3 Å². The van der Waals surface area contributed by atoms with E-state index in [-0.39, 0.29) is 12.4 Å². The molecular formula is C33H47ClFN6O2P. The Morgan fingerprint density at radius 3 is 2.52 bits per heavy atom. The highest BCUT2D eigenvalue weighted by molar-refractivity contribution is 7.16. The van der Waals surface area contributed by atoms with Crippen molar-refractivity contribution >= 4 is 32.6 Å². The van der Waals surface area contributed by atoms with E-state index in [2.05, 4.69) is 49.7 Å². The largest absolute Gasteiger partial charge is 0.467 e. The fraction of sp³-hybridized carbons (Fsp3) is 0.576. The second-order valence-corrected chi connectivity index (χ2v) is 12.3. The number of hydrogen-bond donors (Lipinski definition) is 0. The number of ether oxygens (including phenoxy) is 1. The number of carbonyl (C=O) groups is 1. The third-order valence-corrected chi connectivity index (χ3v) is 9.09. The highest BCUT2D eigenvalue weighted by Crippen LogP contribution is 2.29. The number of nitriles is 1. The standard InChI is InChI=1S/C18H24FN5O2.C9H12ClP.C6H11N/c1-5-6-15-13(3)21-18(26-4)22-16(15)23-9-10-24(17(25)12(2)19)14(11-23)7-8-20;10-9-6-2-1-4-8(9)5-3-7-11;1-2-6-3-5-7(6)4-1/h14H,2,5-7,9-11H2,1,3-4H3;1-2,4,6H,3,5,7,11H2;6H,1-5H2. The molecule has 1 aromatic heterocycles. The Morgan fingerprint density at radius 1 is 1.20 bits per heavy atom. The van der Waals surface area contributed by atoms with Crippen molar-refractivity contribution in [1.29, 1.82) is 5.26 Å². The Kier molecular flexibility index (Phi) is 14.8. The van der Waals surface area contributed by atoms with Crippen molar-refractivity contribution in [3.05, 3.63) is 58.5 Å². The number of piperazine rings is 1. The van der Waals surface area contributed by atoms with E-state index in [4.69, 9.17) is 21.6 Å². The number of rotatable bonds is 9. The topological polar surface area (TPSA) is 85.6 Å². The highest BCUT2D eigenvalue weighted by atomic mass is 35.5. The average molecular weight is 645 g/mol. The molecule has 2 aromatic rings. The van der Waals surface area contributed by atoms with Gasteiger partial charge in [-0.3, -0.25) is 4.79 Å². The number of aromatic nitrogens is 2. The van der Waals surface area contributed by atoms with E-state index in [0.717, 1.165) is 53.6 Å². The maximum absolute atomic E-state index is 13.3. The van der Waals surface area contributed by atoms with E-state index in [1.54, 1.807) is 0 Å². The van der Waals surface area contributed by atoms with Crippen molar-refractivity contribution in [2.45, 2.75) is 77.3 Å². The van der Waals surface area contributed by atoms with Gasteiger partial charge in [0.25, 0.3) is 5.91 Å². The molecule has 4 heterocycles. The summed E-state index contributed by atoms with van der Waals surface area (Å²) in [5.41, 5.74) is 3.14. The van der Waals surface area contributed by atoms with Gasteiger partial charge in [0.2, 0.25) is 0 Å². The zero-order valence-corrected chi connectivity index (χ0v) is 28.3. The predicted molar refractivity (Wildman–Crippen MR) is 179 cm³/mol. The molecule has 3 fully saturated rings. The van der Waals surface area contributed by atoms with Gasteiger partial charge < -0.3 is 19.4 Å². The molecule has 8 nitrogen and oxygen atoms in total. The first kappa shape index (κ1) is 35.7. The Bertz CT molecular complexity index is 1280. The molecule has 1 amide bonds. The molecule has 0 radical (unpaired) electrons. The third kappa shape index (κ3) is 9.86. The normalized spacial score (nSPS) is 18.9. The number of benzene rings is 1. The van der Waals surface area contributed by atoms with E-state index in [9.17, 15) is 9.18 Å². The van der Waals surface area contributed by atoms with Crippen molar-refractivity contribution in [2.75, 3.05) is 50.9 Å². The second kappa shape index (κ2) is 18.2. The summed E-state index contributed by atoms with van der Waals surface area (Å²) in [7, 11) is 4.24. The summed E-state index contributed by atoms with van der Waals surface area (Å²) < 4.78 is 18.5. The van der Waals surface area contributed by atoms with Gasteiger partial charge >= 0.3 is 6.01 Å². The Balaban J connectivity index is 0.000000236. The van der Waals surface area contributed by atoms with Crippen molar-refractivity contribution in [1.82, 2.24) is 19.8 Å². The summed E-state index contributed by atoms with van der Waals surface area (Å²) in [5.74, 6) is -1.01. The summed E-state index contributed by atoms with van der Waals surface area (Å²) in [6.45, 7) is 11.0. The summed E-state index contributed by atoms with van der Waals surface area (Å²) in [4.78, 5) is 26.9. The number of carbonyl (C=O) groups excluding carboxylic acids is 1. The van der Waals surface area contributed by atoms with Crippen LogP contribution in [-0.4, -0.2) is 83.8 Å². The number of anilines is 1. The number of hydrogen-bond acceptors (Lipinski definition) is 7. The van der Waals surface area contributed by atoms with Crippen LogP contribution in [0.4, 0.5) is 10.2 Å². The van der Waals surface area contributed by atoms with Crippen LogP contribution in [0.1, 0.15) is 62.3 Å². The smallest absolute Gasteiger partial charge is 0.318 e. The lowest BCUT2D eigenvalue weighted by atomic mass is 10.1. The highest BCUT2D eigenvalue weighted by Gasteiger charge is 2.33. The number of halogens is 2. The molecule has 3 saturated heterocycles. The Morgan fingerprint density at radius 2 is 1.98 bits per heavy atom. The van der Waals surface area contributed by atoms with Gasteiger partial charge in [-0.2, -0.15) is 10.2 Å². The van der Waals surface area contributed by atoms with Crippen LogP contribution in [0.25, 0.3) is 0 Å². The molecule has 3 aliphatic heterocycles. The first-order valence-electron chi connectivity index (χ1n) is 15.6. The van der Waals surface area contributed by atoms with Crippen LogP contribution in [0.3, 0.4) is 0 Å². The molecule has 44 heavy (non-hydrogen) atoms. The van der Waals surface area contributed by atoms with E-state index in [0.29, 0.717) is 19.6 Å².